The van der Waals surface area contributed by atoms with E-state index in [9.17, 15) is 4.79 Å². The van der Waals surface area contributed by atoms with Crippen LogP contribution in [0.1, 0.15) is 61.4 Å². The van der Waals surface area contributed by atoms with Gasteiger partial charge in [0.05, 0.1) is 11.2 Å². The largest absolute Gasteiger partial charge is 0.495 e. The van der Waals surface area contributed by atoms with Crippen molar-refractivity contribution in [3.63, 3.8) is 0 Å². The molecular weight excluding hydrogens is 587 g/mol. The number of hydrogen-bond acceptors (Lipinski definition) is 5. The topological polar surface area (TPSA) is 51.2 Å². The average molecular weight is 635 g/mol. The zero-order chi connectivity index (χ0) is 32.9. The molecule has 0 radical (unpaired) electrons. The van der Waals surface area contributed by atoms with Gasteiger partial charge in [0, 0.05) is 44.2 Å². The lowest BCUT2D eigenvalue weighted by Gasteiger charge is -2.34. The van der Waals surface area contributed by atoms with E-state index < -0.39 is 26.4 Å². The molecule has 1 amide bonds. The normalized spacial score (nSPS) is 19.0. The van der Waals surface area contributed by atoms with Crippen LogP contribution in [0.5, 0.6) is 0 Å². The van der Waals surface area contributed by atoms with Crippen molar-refractivity contribution in [1.29, 1.82) is 0 Å². The molecule has 0 unspecified atom stereocenters. The lowest BCUT2D eigenvalue weighted by molar-refractivity contribution is 0.00578. The first-order valence-electron chi connectivity index (χ1n) is 16.6. The Morgan fingerprint density at radius 1 is 0.913 bits per heavy atom. The van der Waals surface area contributed by atoms with E-state index in [0.717, 1.165) is 36.2 Å². The van der Waals surface area contributed by atoms with Crippen LogP contribution in [0.3, 0.4) is 0 Å². The average Bonchev–Trinajstić information content (AvgIpc) is 3.44. The Balaban J connectivity index is 1.12. The fourth-order valence-corrected chi connectivity index (χ4v) is 7.03. The highest BCUT2D eigenvalue weighted by atomic mass is 28.3. The molecule has 2 saturated heterocycles. The minimum absolute atomic E-state index is 0.0654. The number of benzene rings is 3. The number of fused-ring (bicyclic) bond motifs is 3. The number of rotatable bonds is 5. The van der Waals surface area contributed by atoms with Gasteiger partial charge in [-0.1, -0.05) is 80.2 Å². The van der Waals surface area contributed by atoms with Gasteiger partial charge < -0.3 is 18.9 Å². The smallest absolute Gasteiger partial charge is 0.448 e. The van der Waals surface area contributed by atoms with Crippen molar-refractivity contribution in [3.8, 4) is 22.6 Å². The van der Waals surface area contributed by atoms with E-state index in [2.05, 4.69) is 131 Å². The number of piperazine rings is 1. The zero-order valence-electron chi connectivity index (χ0n) is 28.7. The van der Waals surface area contributed by atoms with Crippen LogP contribution in [0.4, 0.5) is 4.79 Å². The number of carbonyl (C=O) groups is 1. The SMILES string of the molecule is Cc1c(C#C[Si](C)(C)C)cc(CN2CCN(C(=O)OCC3c4ccccc4-c4ccccc43)CC2)cc1B1OC(C)(C)C(C)(C)O1. The van der Waals surface area contributed by atoms with Crippen molar-refractivity contribution in [2.75, 3.05) is 32.8 Å². The molecule has 0 saturated carbocycles. The van der Waals surface area contributed by atoms with Gasteiger partial charge in [0.1, 0.15) is 14.7 Å². The molecule has 240 valence electrons. The number of hydrogen-bond donors (Lipinski definition) is 0. The van der Waals surface area contributed by atoms with Gasteiger partial charge in [0.2, 0.25) is 0 Å². The molecule has 8 heteroatoms. The summed E-state index contributed by atoms with van der Waals surface area (Å²) in [5.74, 6) is 3.59. The molecule has 3 aromatic carbocycles. The van der Waals surface area contributed by atoms with Gasteiger partial charge in [-0.3, -0.25) is 4.90 Å². The molecule has 6 nitrogen and oxygen atoms in total. The Morgan fingerprint density at radius 2 is 1.48 bits per heavy atom. The van der Waals surface area contributed by atoms with Crippen molar-refractivity contribution >= 4 is 26.7 Å². The molecule has 0 atom stereocenters. The molecule has 0 aromatic heterocycles. The second-order valence-corrected chi connectivity index (χ2v) is 19.8. The first kappa shape index (κ1) is 32.6. The molecule has 2 aliphatic heterocycles. The summed E-state index contributed by atoms with van der Waals surface area (Å²) in [5.41, 5.74) is 12.1. The summed E-state index contributed by atoms with van der Waals surface area (Å²) < 4.78 is 18.9. The van der Waals surface area contributed by atoms with E-state index in [4.69, 9.17) is 14.0 Å². The molecule has 2 fully saturated rings. The summed E-state index contributed by atoms with van der Waals surface area (Å²) in [5, 5.41) is 0. The maximum absolute atomic E-state index is 13.2. The summed E-state index contributed by atoms with van der Waals surface area (Å²) in [6.07, 6.45) is -0.233. The van der Waals surface area contributed by atoms with E-state index in [1.807, 2.05) is 4.90 Å². The van der Waals surface area contributed by atoms with E-state index in [-0.39, 0.29) is 12.0 Å². The number of amides is 1. The number of nitrogens with zero attached hydrogens (tertiary/aromatic N) is 2. The Kier molecular flexibility index (Phi) is 8.75. The second kappa shape index (κ2) is 12.4. The Labute approximate surface area is 276 Å². The minimum Gasteiger partial charge on any atom is -0.448 e. The van der Waals surface area contributed by atoms with E-state index in [1.54, 1.807) is 0 Å². The van der Waals surface area contributed by atoms with Crippen molar-refractivity contribution in [2.24, 2.45) is 0 Å². The lowest BCUT2D eigenvalue weighted by Crippen LogP contribution is -2.48. The number of carbonyl (C=O) groups excluding carboxylic acids is 1. The fraction of sp³-hybridized carbons (Fsp3) is 0.447. The summed E-state index contributed by atoms with van der Waals surface area (Å²) in [7, 11) is -2.01. The van der Waals surface area contributed by atoms with Gasteiger partial charge in [0.15, 0.2) is 0 Å². The molecule has 46 heavy (non-hydrogen) atoms. The molecule has 3 aromatic rings. The van der Waals surface area contributed by atoms with Crippen molar-refractivity contribution < 1.29 is 18.8 Å². The summed E-state index contributed by atoms with van der Waals surface area (Å²) in [6.45, 7) is 21.2. The van der Waals surface area contributed by atoms with E-state index in [1.165, 1.54) is 27.8 Å². The molecule has 6 rings (SSSR count). The quantitative estimate of drug-likeness (QED) is 0.234. The molecule has 2 heterocycles. The van der Waals surface area contributed by atoms with Crippen molar-refractivity contribution in [3.05, 3.63) is 88.5 Å². The third kappa shape index (κ3) is 6.57. The summed E-state index contributed by atoms with van der Waals surface area (Å²) in [6, 6.07) is 21.3. The fourth-order valence-electron chi connectivity index (χ4n) is 6.52. The maximum atomic E-state index is 13.2. The predicted octanol–water partition coefficient (Wildman–Crippen LogP) is 6.59. The van der Waals surface area contributed by atoms with Gasteiger partial charge in [-0.05, 0) is 79.5 Å². The van der Waals surface area contributed by atoms with Crippen LogP contribution in [-0.4, -0.2) is 75.1 Å². The third-order valence-corrected chi connectivity index (χ3v) is 10.8. The van der Waals surface area contributed by atoms with Crippen LogP contribution in [0.2, 0.25) is 19.6 Å². The van der Waals surface area contributed by atoms with Crippen LogP contribution >= 0.6 is 0 Å². The Morgan fingerprint density at radius 3 is 2.04 bits per heavy atom. The minimum atomic E-state index is -1.57. The van der Waals surface area contributed by atoms with Crippen LogP contribution in [0, 0.1) is 18.4 Å². The Hall–Kier alpha value is -3.35. The number of ether oxygens (including phenoxy) is 1. The maximum Gasteiger partial charge on any atom is 0.495 e. The van der Waals surface area contributed by atoms with Crippen molar-refractivity contribution in [2.45, 2.75) is 77.9 Å². The molecule has 0 spiro atoms. The van der Waals surface area contributed by atoms with Crippen LogP contribution in [0.15, 0.2) is 60.7 Å². The first-order chi connectivity index (χ1) is 21.7. The standard InChI is InChI=1S/C38H47BN2O4Si/c1-27-29(17-22-46(6,7)8)23-28(24-35(27)39-44-37(2,3)38(4,5)45-39)25-40-18-20-41(21-19-40)36(42)43-26-34-32-15-11-9-13-30(32)31-14-10-12-16-33(31)34/h9-16,23-24,34H,18-21,25-26H2,1-8H3. The molecule has 3 aliphatic rings. The lowest BCUT2D eigenvalue weighted by atomic mass is 9.74. The van der Waals surface area contributed by atoms with Gasteiger partial charge in [-0.25, -0.2) is 4.79 Å². The predicted molar refractivity (Wildman–Crippen MR) is 189 cm³/mol. The highest BCUT2D eigenvalue weighted by Gasteiger charge is 2.52. The molecule has 1 aliphatic carbocycles. The molecule has 0 bridgehead atoms. The van der Waals surface area contributed by atoms with Crippen molar-refractivity contribution in [1.82, 2.24) is 9.80 Å². The Bertz CT molecular complexity index is 1630. The van der Waals surface area contributed by atoms with Crippen LogP contribution < -0.4 is 5.46 Å². The van der Waals surface area contributed by atoms with E-state index >= 15 is 0 Å². The summed E-state index contributed by atoms with van der Waals surface area (Å²) in [4.78, 5) is 17.5. The highest BCUT2D eigenvalue weighted by Crippen LogP contribution is 2.44. The summed E-state index contributed by atoms with van der Waals surface area (Å²) >= 11 is 0. The monoisotopic (exact) mass is 634 g/mol. The second-order valence-electron chi connectivity index (χ2n) is 15.0. The van der Waals surface area contributed by atoms with Crippen LogP contribution in [0.25, 0.3) is 11.1 Å². The molecule has 0 N–H and O–H groups in total. The highest BCUT2D eigenvalue weighted by molar-refractivity contribution is 6.83. The van der Waals surface area contributed by atoms with Gasteiger partial charge >= 0.3 is 13.2 Å². The van der Waals surface area contributed by atoms with Gasteiger partial charge in [0.25, 0.3) is 0 Å². The zero-order valence-corrected chi connectivity index (χ0v) is 29.7. The van der Waals surface area contributed by atoms with E-state index in [0.29, 0.717) is 19.7 Å². The molecular formula is C38H47BN2O4Si. The van der Waals surface area contributed by atoms with Gasteiger partial charge in [-0.15, -0.1) is 5.54 Å². The van der Waals surface area contributed by atoms with Crippen LogP contribution in [-0.2, 0) is 20.6 Å². The third-order valence-electron chi connectivity index (χ3n) is 9.96. The van der Waals surface area contributed by atoms with Gasteiger partial charge in [-0.2, -0.15) is 0 Å². The first-order valence-corrected chi connectivity index (χ1v) is 20.1.